The van der Waals surface area contributed by atoms with Gasteiger partial charge in [0.05, 0.1) is 13.2 Å². The van der Waals surface area contributed by atoms with Gasteiger partial charge in [0.15, 0.2) is 0 Å². The van der Waals surface area contributed by atoms with Gasteiger partial charge in [0.1, 0.15) is 11.6 Å². The number of aliphatic hydroxyl groups excluding tert-OH is 2. The summed E-state index contributed by atoms with van der Waals surface area (Å²) in [6.07, 6.45) is 1.31. The maximum absolute atomic E-state index is 12.2. The number of nitrogens with one attached hydrogen (secondary N) is 1. The fourth-order valence-corrected chi connectivity index (χ4v) is 2.03. The normalized spacial score (nSPS) is 11.0. The van der Waals surface area contributed by atoms with Crippen molar-refractivity contribution in [3.05, 3.63) is 40.6 Å². The third-order valence-corrected chi connectivity index (χ3v) is 3.17. The summed E-state index contributed by atoms with van der Waals surface area (Å²) >= 11 is 5.86. The maximum Gasteiger partial charge on any atom is 0.266 e. The van der Waals surface area contributed by atoms with Gasteiger partial charge < -0.3 is 20.4 Å². The van der Waals surface area contributed by atoms with Gasteiger partial charge in [-0.2, -0.15) is 5.26 Å². The molecule has 0 aromatic heterocycles. The van der Waals surface area contributed by atoms with E-state index in [0.717, 1.165) is 11.3 Å². The first-order chi connectivity index (χ1) is 10.5. The number of anilines is 1. The molecule has 0 atom stereocenters. The van der Waals surface area contributed by atoms with Crippen molar-refractivity contribution in [2.75, 3.05) is 31.6 Å². The molecule has 0 radical (unpaired) electrons. The third-order valence-electron chi connectivity index (χ3n) is 2.94. The number of hydrogen-bond acceptors (Lipinski definition) is 5. The van der Waals surface area contributed by atoms with Crippen LogP contribution in [0.1, 0.15) is 5.56 Å². The molecule has 0 aliphatic carbocycles. The molecule has 0 bridgehead atoms. The van der Waals surface area contributed by atoms with Gasteiger partial charge in [-0.05, 0) is 30.7 Å². The lowest BCUT2D eigenvalue weighted by atomic mass is 10.2. The van der Waals surface area contributed by atoms with E-state index in [1.807, 2.05) is 13.0 Å². The number of rotatable bonds is 7. The van der Waals surface area contributed by atoms with E-state index in [-0.39, 0.29) is 31.9 Å². The molecule has 1 aromatic rings. The Hall–Kier alpha value is -2.07. The second-order valence-corrected chi connectivity index (χ2v) is 4.95. The Labute approximate surface area is 134 Å². The molecule has 3 N–H and O–H groups in total. The van der Waals surface area contributed by atoms with E-state index in [4.69, 9.17) is 27.1 Å². The molecule has 6 nitrogen and oxygen atoms in total. The lowest BCUT2D eigenvalue weighted by Crippen LogP contribution is -2.36. The van der Waals surface area contributed by atoms with Gasteiger partial charge in [-0.25, -0.2) is 0 Å². The molecule has 0 spiro atoms. The summed E-state index contributed by atoms with van der Waals surface area (Å²) < 4.78 is 0. The van der Waals surface area contributed by atoms with E-state index in [1.54, 1.807) is 18.2 Å². The van der Waals surface area contributed by atoms with Crippen LogP contribution in [-0.2, 0) is 4.79 Å². The van der Waals surface area contributed by atoms with Crippen molar-refractivity contribution >= 4 is 23.2 Å². The van der Waals surface area contributed by atoms with Crippen molar-refractivity contribution in [1.82, 2.24) is 4.90 Å². The van der Waals surface area contributed by atoms with Gasteiger partial charge in [0.25, 0.3) is 5.91 Å². The molecule has 0 aliphatic rings. The second-order valence-electron chi connectivity index (χ2n) is 4.51. The van der Waals surface area contributed by atoms with E-state index in [1.165, 1.54) is 11.1 Å². The van der Waals surface area contributed by atoms with Crippen molar-refractivity contribution < 1.29 is 15.0 Å². The Bertz CT molecular complexity index is 590. The summed E-state index contributed by atoms with van der Waals surface area (Å²) in [7, 11) is 0. The summed E-state index contributed by atoms with van der Waals surface area (Å²) in [5.74, 6) is -0.551. The predicted molar refractivity (Wildman–Crippen MR) is 84.3 cm³/mol. The van der Waals surface area contributed by atoms with Gasteiger partial charge in [-0.15, -0.1) is 0 Å². The molecule has 7 heteroatoms. The summed E-state index contributed by atoms with van der Waals surface area (Å²) in [6.45, 7) is 1.47. The van der Waals surface area contributed by atoms with Crippen LogP contribution in [0.4, 0.5) is 5.69 Å². The molecule has 0 unspecified atom stereocenters. The molecule has 0 saturated heterocycles. The highest BCUT2D eigenvalue weighted by Gasteiger charge is 2.17. The minimum atomic E-state index is -0.551. The minimum absolute atomic E-state index is 0.0540. The largest absolute Gasteiger partial charge is 0.395 e. The molecule has 118 valence electrons. The molecular weight excluding hydrogens is 306 g/mol. The van der Waals surface area contributed by atoms with Crippen LogP contribution < -0.4 is 5.32 Å². The number of hydrogen-bond donors (Lipinski definition) is 3. The average molecular weight is 324 g/mol. The Kier molecular flexibility index (Phi) is 7.40. The molecule has 0 heterocycles. The fourth-order valence-electron chi connectivity index (χ4n) is 1.81. The van der Waals surface area contributed by atoms with Crippen molar-refractivity contribution in [3.63, 3.8) is 0 Å². The van der Waals surface area contributed by atoms with Crippen molar-refractivity contribution in [2.24, 2.45) is 0 Å². The van der Waals surface area contributed by atoms with Crippen LogP contribution in [0.2, 0.25) is 5.02 Å². The average Bonchev–Trinajstić information content (AvgIpc) is 2.49. The van der Waals surface area contributed by atoms with E-state index >= 15 is 0 Å². The zero-order valence-electron chi connectivity index (χ0n) is 12.2. The zero-order chi connectivity index (χ0) is 16.5. The van der Waals surface area contributed by atoms with Crippen LogP contribution in [0.25, 0.3) is 0 Å². The molecular formula is C15H18ClN3O3. The van der Waals surface area contributed by atoms with Crippen LogP contribution >= 0.6 is 11.6 Å². The molecule has 1 rings (SSSR count). The van der Waals surface area contributed by atoms with E-state index in [2.05, 4.69) is 5.32 Å². The Morgan fingerprint density at radius 3 is 2.55 bits per heavy atom. The molecule has 1 aromatic carbocycles. The zero-order valence-corrected chi connectivity index (χ0v) is 13.0. The first kappa shape index (κ1) is 18.0. The summed E-state index contributed by atoms with van der Waals surface area (Å²) in [5.41, 5.74) is 1.48. The Morgan fingerprint density at radius 1 is 1.41 bits per heavy atom. The van der Waals surface area contributed by atoms with Crippen LogP contribution in [-0.4, -0.2) is 47.3 Å². The number of carbonyl (C=O) groups excluding carboxylic acids is 1. The van der Waals surface area contributed by atoms with Crippen molar-refractivity contribution in [1.29, 1.82) is 5.26 Å². The number of aliphatic hydroxyl groups is 2. The second kappa shape index (κ2) is 9.05. The van der Waals surface area contributed by atoms with Gasteiger partial charge in [0, 0.05) is 30.0 Å². The number of nitriles is 1. The molecule has 22 heavy (non-hydrogen) atoms. The highest BCUT2D eigenvalue weighted by molar-refractivity contribution is 6.30. The van der Waals surface area contributed by atoms with Gasteiger partial charge in [-0.3, -0.25) is 4.79 Å². The fraction of sp³-hybridized carbons (Fsp3) is 0.333. The maximum atomic E-state index is 12.2. The third kappa shape index (κ3) is 5.04. The number of amides is 1. The first-order valence-electron chi connectivity index (χ1n) is 6.67. The van der Waals surface area contributed by atoms with Crippen LogP contribution in [0.15, 0.2) is 30.0 Å². The highest BCUT2D eigenvalue weighted by Crippen LogP contribution is 2.19. The number of carbonyl (C=O) groups is 1. The SMILES string of the molecule is Cc1cc(Cl)ccc1N/C=C(/C#N)C(=O)N(CCO)CCO. The van der Waals surface area contributed by atoms with E-state index < -0.39 is 5.91 Å². The molecule has 1 amide bonds. The smallest absolute Gasteiger partial charge is 0.266 e. The van der Waals surface area contributed by atoms with Crippen LogP contribution in [0.3, 0.4) is 0 Å². The quantitative estimate of drug-likeness (QED) is 0.519. The van der Waals surface area contributed by atoms with Crippen molar-refractivity contribution in [3.8, 4) is 6.07 Å². The minimum Gasteiger partial charge on any atom is -0.395 e. The topological polar surface area (TPSA) is 96.6 Å². The van der Waals surface area contributed by atoms with E-state index in [9.17, 15) is 4.79 Å². The molecule has 0 aliphatic heterocycles. The number of nitrogens with zero attached hydrogens (tertiary/aromatic N) is 2. The lowest BCUT2D eigenvalue weighted by Gasteiger charge is -2.20. The summed E-state index contributed by atoms with van der Waals surface area (Å²) in [4.78, 5) is 13.4. The Balaban J connectivity index is 2.89. The van der Waals surface area contributed by atoms with E-state index in [0.29, 0.717) is 5.02 Å². The van der Waals surface area contributed by atoms with Gasteiger partial charge in [-0.1, -0.05) is 11.6 Å². The van der Waals surface area contributed by atoms with Gasteiger partial charge in [0.2, 0.25) is 0 Å². The number of aryl methyl sites for hydroxylation is 1. The predicted octanol–water partition coefficient (Wildman–Crippen LogP) is 1.28. The monoisotopic (exact) mass is 323 g/mol. The van der Waals surface area contributed by atoms with Gasteiger partial charge >= 0.3 is 0 Å². The number of halogens is 1. The summed E-state index contributed by atoms with van der Waals surface area (Å²) in [5, 5.41) is 30.5. The first-order valence-corrected chi connectivity index (χ1v) is 7.05. The molecule has 0 fully saturated rings. The molecule has 0 saturated carbocycles. The summed E-state index contributed by atoms with van der Waals surface area (Å²) in [6, 6.07) is 7.02. The van der Waals surface area contributed by atoms with Crippen LogP contribution in [0.5, 0.6) is 0 Å². The Morgan fingerprint density at radius 2 is 2.05 bits per heavy atom. The van der Waals surface area contributed by atoms with Crippen molar-refractivity contribution in [2.45, 2.75) is 6.92 Å². The highest BCUT2D eigenvalue weighted by atomic mass is 35.5. The van der Waals surface area contributed by atoms with Crippen LogP contribution in [0, 0.1) is 18.3 Å². The lowest BCUT2D eigenvalue weighted by molar-refractivity contribution is -0.127. The standard InChI is InChI=1S/C15H18ClN3O3/c1-11-8-13(16)2-3-14(11)18-10-12(9-17)15(22)19(4-6-20)5-7-21/h2-3,8,10,18,20-21H,4-7H2,1H3/b12-10-. The number of benzene rings is 1.